The van der Waals surface area contributed by atoms with Gasteiger partial charge in [0.25, 0.3) is 0 Å². The Labute approximate surface area is 121 Å². The van der Waals surface area contributed by atoms with Gasteiger partial charge in [0.05, 0.1) is 29.9 Å². The number of aromatic amines is 1. The van der Waals surface area contributed by atoms with Gasteiger partial charge in [-0.05, 0) is 17.7 Å². The summed E-state index contributed by atoms with van der Waals surface area (Å²) in [5, 5.41) is 13.0. The molecule has 3 rings (SSSR count). The Morgan fingerprint density at radius 3 is 2.62 bits per heavy atom. The van der Waals surface area contributed by atoms with Crippen LogP contribution in [0.1, 0.15) is 17.3 Å². The molecule has 106 valence electrons. The zero-order valence-electron chi connectivity index (χ0n) is 11.1. The number of benzene rings is 2. The standard InChI is InChI=1S/C16H14FN3O/c17-12-7-4-8-13(16(12)21)20-15(14-9-18-10-19-14)11-5-2-1-3-6-11/h1-10,15,20-21H,(H,18,19). The van der Waals surface area contributed by atoms with E-state index in [0.717, 1.165) is 11.3 Å². The van der Waals surface area contributed by atoms with Crippen LogP contribution in [-0.4, -0.2) is 15.1 Å². The van der Waals surface area contributed by atoms with Crippen LogP contribution in [-0.2, 0) is 0 Å². The molecule has 5 heteroatoms. The molecule has 1 atom stereocenters. The molecule has 0 spiro atoms. The molecule has 0 aliphatic rings. The number of aromatic hydroxyl groups is 1. The fourth-order valence-electron chi connectivity index (χ4n) is 2.20. The number of aromatic nitrogens is 2. The second kappa shape index (κ2) is 5.66. The maximum atomic E-state index is 13.5. The predicted molar refractivity (Wildman–Crippen MR) is 78.6 cm³/mol. The first-order valence-electron chi connectivity index (χ1n) is 6.53. The Bertz CT molecular complexity index is 714. The molecule has 0 aliphatic heterocycles. The number of H-pyrrole nitrogens is 1. The molecule has 0 bridgehead atoms. The molecule has 0 radical (unpaired) electrons. The van der Waals surface area contributed by atoms with Crippen LogP contribution < -0.4 is 5.32 Å². The Morgan fingerprint density at radius 2 is 1.90 bits per heavy atom. The highest BCUT2D eigenvalue weighted by Gasteiger charge is 2.17. The van der Waals surface area contributed by atoms with Crippen molar-refractivity contribution < 1.29 is 9.50 Å². The van der Waals surface area contributed by atoms with Crippen molar-refractivity contribution in [2.75, 3.05) is 5.32 Å². The van der Waals surface area contributed by atoms with E-state index < -0.39 is 11.6 Å². The van der Waals surface area contributed by atoms with Crippen LogP contribution in [0.5, 0.6) is 5.75 Å². The normalized spacial score (nSPS) is 12.0. The van der Waals surface area contributed by atoms with Crippen LogP contribution >= 0.6 is 0 Å². The van der Waals surface area contributed by atoms with Gasteiger partial charge in [-0.2, -0.15) is 0 Å². The lowest BCUT2D eigenvalue weighted by Crippen LogP contribution is -2.13. The van der Waals surface area contributed by atoms with Crippen LogP contribution in [0.3, 0.4) is 0 Å². The van der Waals surface area contributed by atoms with Crippen molar-refractivity contribution in [2.45, 2.75) is 6.04 Å². The lowest BCUT2D eigenvalue weighted by Gasteiger charge is -2.20. The number of para-hydroxylation sites is 1. The fraction of sp³-hybridized carbons (Fsp3) is 0.0625. The lowest BCUT2D eigenvalue weighted by atomic mass is 10.0. The topological polar surface area (TPSA) is 60.9 Å². The molecular weight excluding hydrogens is 269 g/mol. The summed E-state index contributed by atoms with van der Waals surface area (Å²) in [6.07, 6.45) is 3.28. The first-order chi connectivity index (χ1) is 10.3. The Balaban J connectivity index is 1.99. The summed E-state index contributed by atoms with van der Waals surface area (Å²) in [7, 11) is 0. The van der Waals surface area contributed by atoms with Gasteiger partial charge in [0, 0.05) is 0 Å². The summed E-state index contributed by atoms with van der Waals surface area (Å²) in [5.74, 6) is -1.05. The molecule has 3 aromatic rings. The van der Waals surface area contributed by atoms with Gasteiger partial charge >= 0.3 is 0 Å². The molecule has 21 heavy (non-hydrogen) atoms. The molecule has 0 aliphatic carbocycles. The van der Waals surface area contributed by atoms with E-state index >= 15 is 0 Å². The molecular formula is C16H14FN3O. The summed E-state index contributed by atoms with van der Waals surface area (Å²) in [6.45, 7) is 0. The highest BCUT2D eigenvalue weighted by atomic mass is 19.1. The second-order valence-electron chi connectivity index (χ2n) is 4.63. The molecule has 2 aromatic carbocycles. The lowest BCUT2D eigenvalue weighted by molar-refractivity contribution is 0.434. The third kappa shape index (κ3) is 2.72. The highest BCUT2D eigenvalue weighted by molar-refractivity contribution is 5.58. The number of nitrogens with zero attached hydrogens (tertiary/aromatic N) is 1. The summed E-state index contributed by atoms with van der Waals surface area (Å²) in [4.78, 5) is 7.06. The molecule has 1 aromatic heterocycles. The quantitative estimate of drug-likeness (QED) is 0.643. The molecule has 1 unspecified atom stereocenters. The zero-order chi connectivity index (χ0) is 14.7. The Morgan fingerprint density at radius 1 is 1.10 bits per heavy atom. The van der Waals surface area contributed by atoms with E-state index in [0.29, 0.717) is 5.69 Å². The fourth-order valence-corrected chi connectivity index (χ4v) is 2.20. The van der Waals surface area contributed by atoms with Crippen molar-refractivity contribution in [2.24, 2.45) is 0 Å². The highest BCUT2D eigenvalue weighted by Crippen LogP contribution is 2.31. The number of halogens is 1. The van der Waals surface area contributed by atoms with E-state index in [1.54, 1.807) is 24.7 Å². The third-order valence-corrected chi connectivity index (χ3v) is 3.25. The number of nitrogens with one attached hydrogen (secondary N) is 2. The van der Waals surface area contributed by atoms with Crippen molar-refractivity contribution in [3.63, 3.8) is 0 Å². The van der Waals surface area contributed by atoms with Crippen molar-refractivity contribution in [3.8, 4) is 5.75 Å². The molecule has 0 saturated carbocycles. The minimum absolute atomic E-state index is 0.263. The Kier molecular flexibility index (Phi) is 3.55. The van der Waals surface area contributed by atoms with Gasteiger partial charge in [-0.1, -0.05) is 36.4 Å². The average molecular weight is 283 g/mol. The molecule has 1 heterocycles. The molecule has 0 amide bonds. The van der Waals surface area contributed by atoms with Gasteiger partial charge in [-0.25, -0.2) is 9.37 Å². The van der Waals surface area contributed by atoms with Crippen molar-refractivity contribution in [1.82, 2.24) is 9.97 Å². The smallest absolute Gasteiger partial charge is 0.174 e. The molecule has 0 saturated heterocycles. The first kappa shape index (κ1) is 13.2. The predicted octanol–water partition coefficient (Wildman–Crippen LogP) is 3.46. The maximum absolute atomic E-state index is 13.5. The third-order valence-electron chi connectivity index (χ3n) is 3.25. The summed E-state index contributed by atoms with van der Waals surface area (Å²) < 4.78 is 13.5. The van der Waals surface area contributed by atoms with Crippen LogP contribution in [0.25, 0.3) is 0 Å². The summed E-state index contributed by atoms with van der Waals surface area (Å²) in [6, 6.07) is 13.8. The second-order valence-corrected chi connectivity index (χ2v) is 4.63. The van der Waals surface area contributed by atoms with Crippen LogP contribution in [0.2, 0.25) is 0 Å². The van der Waals surface area contributed by atoms with Gasteiger partial charge in [-0.15, -0.1) is 0 Å². The number of hydrogen-bond donors (Lipinski definition) is 3. The maximum Gasteiger partial charge on any atom is 0.174 e. The van der Waals surface area contributed by atoms with Crippen LogP contribution in [0, 0.1) is 5.82 Å². The van der Waals surface area contributed by atoms with Crippen molar-refractivity contribution in [1.29, 1.82) is 0 Å². The summed E-state index contributed by atoms with van der Waals surface area (Å²) in [5.41, 5.74) is 2.13. The number of rotatable bonds is 4. The molecule has 0 fully saturated rings. The van der Waals surface area contributed by atoms with Gasteiger partial charge < -0.3 is 15.4 Å². The SMILES string of the molecule is Oc1c(F)cccc1NC(c1ccccc1)c1cnc[nH]1. The molecule has 4 nitrogen and oxygen atoms in total. The number of hydrogen-bond acceptors (Lipinski definition) is 3. The van der Waals surface area contributed by atoms with Gasteiger partial charge in [0.15, 0.2) is 11.6 Å². The van der Waals surface area contributed by atoms with Crippen LogP contribution in [0.15, 0.2) is 61.1 Å². The first-order valence-corrected chi connectivity index (χ1v) is 6.53. The van der Waals surface area contributed by atoms with E-state index in [1.807, 2.05) is 30.3 Å². The molecule has 3 N–H and O–H groups in total. The number of phenols is 1. The monoisotopic (exact) mass is 283 g/mol. The number of imidazole rings is 1. The largest absolute Gasteiger partial charge is 0.503 e. The zero-order valence-corrected chi connectivity index (χ0v) is 11.1. The van der Waals surface area contributed by atoms with E-state index in [1.165, 1.54) is 6.07 Å². The number of anilines is 1. The minimum Gasteiger partial charge on any atom is -0.503 e. The van der Waals surface area contributed by atoms with Gasteiger partial charge in [0.2, 0.25) is 0 Å². The van der Waals surface area contributed by atoms with Gasteiger partial charge in [-0.3, -0.25) is 0 Å². The average Bonchev–Trinajstić information content (AvgIpc) is 3.04. The summed E-state index contributed by atoms with van der Waals surface area (Å²) >= 11 is 0. The van der Waals surface area contributed by atoms with E-state index in [2.05, 4.69) is 15.3 Å². The van der Waals surface area contributed by atoms with E-state index in [9.17, 15) is 9.50 Å². The number of phenolic OH excluding ortho intramolecular Hbond substituents is 1. The van der Waals surface area contributed by atoms with E-state index in [-0.39, 0.29) is 6.04 Å². The minimum atomic E-state index is -0.656. The van der Waals surface area contributed by atoms with Gasteiger partial charge in [0.1, 0.15) is 0 Å². The Hall–Kier alpha value is -2.82. The van der Waals surface area contributed by atoms with Crippen molar-refractivity contribution >= 4 is 5.69 Å². The van der Waals surface area contributed by atoms with E-state index in [4.69, 9.17) is 0 Å². The van der Waals surface area contributed by atoms with Crippen molar-refractivity contribution in [3.05, 3.63) is 78.1 Å². The van der Waals surface area contributed by atoms with Crippen LogP contribution in [0.4, 0.5) is 10.1 Å².